The van der Waals surface area contributed by atoms with Crippen molar-refractivity contribution in [2.24, 2.45) is 0 Å². The van der Waals surface area contributed by atoms with Crippen LogP contribution in [0.4, 0.5) is 0 Å². The zero-order chi connectivity index (χ0) is 26.3. The molecule has 2 aromatic carbocycles. The highest BCUT2D eigenvalue weighted by molar-refractivity contribution is 7.90. The molecule has 1 aromatic heterocycles. The number of nitrogens with zero attached hydrogens (tertiary/aromatic N) is 3. The van der Waals surface area contributed by atoms with Crippen molar-refractivity contribution >= 4 is 21.7 Å². The summed E-state index contributed by atoms with van der Waals surface area (Å²) < 4.78 is 38.8. The summed E-state index contributed by atoms with van der Waals surface area (Å²) >= 11 is 0. The standard InChI is InChI=1S/C27H28N4O6S/c32-26(28-19-8-12-36-13-9-19)18-4-3-5-20(16-18)31-25-21-6-1-2-7-23(21)38(34,35)17-22(25)24(29-31)27(33)30-10-14-37-15-11-30/h1-7,16,19H,8-15,17H2,(H,28,32). The lowest BCUT2D eigenvalue weighted by atomic mass is 10.0. The minimum absolute atomic E-state index is 0.0483. The molecule has 0 spiro atoms. The lowest BCUT2D eigenvalue weighted by Crippen LogP contribution is -2.41. The number of nitrogens with one attached hydrogen (secondary N) is 1. The second kappa shape index (κ2) is 9.97. The van der Waals surface area contributed by atoms with Crippen molar-refractivity contribution in [1.82, 2.24) is 20.0 Å². The summed E-state index contributed by atoms with van der Waals surface area (Å²) in [5.41, 5.74) is 2.54. The highest BCUT2D eigenvalue weighted by Crippen LogP contribution is 2.40. The summed E-state index contributed by atoms with van der Waals surface area (Å²) in [5, 5.41) is 7.76. The summed E-state index contributed by atoms with van der Waals surface area (Å²) in [6, 6.07) is 13.8. The molecule has 3 aliphatic heterocycles. The average Bonchev–Trinajstić information content (AvgIpc) is 3.32. The van der Waals surface area contributed by atoms with E-state index in [0.29, 0.717) is 67.6 Å². The number of amides is 2. The molecule has 0 saturated carbocycles. The molecular weight excluding hydrogens is 508 g/mol. The van der Waals surface area contributed by atoms with Crippen molar-refractivity contribution in [1.29, 1.82) is 0 Å². The van der Waals surface area contributed by atoms with Gasteiger partial charge in [-0.25, -0.2) is 13.1 Å². The quantitative estimate of drug-likeness (QED) is 0.543. The maximum absolute atomic E-state index is 13.6. The molecule has 0 radical (unpaired) electrons. The topological polar surface area (TPSA) is 120 Å². The Balaban J connectivity index is 1.45. The summed E-state index contributed by atoms with van der Waals surface area (Å²) in [6.07, 6.45) is 1.52. The van der Waals surface area contributed by atoms with Crippen molar-refractivity contribution in [3.63, 3.8) is 0 Å². The Hall–Kier alpha value is -3.54. The van der Waals surface area contributed by atoms with Crippen molar-refractivity contribution in [3.8, 4) is 16.9 Å². The highest BCUT2D eigenvalue weighted by atomic mass is 32.2. The molecule has 2 saturated heterocycles. The molecule has 2 amide bonds. The lowest BCUT2D eigenvalue weighted by Gasteiger charge is -2.26. The van der Waals surface area contributed by atoms with Gasteiger partial charge in [-0.05, 0) is 37.1 Å². The normalized spacial score (nSPS) is 18.9. The van der Waals surface area contributed by atoms with E-state index < -0.39 is 9.84 Å². The molecule has 38 heavy (non-hydrogen) atoms. The van der Waals surface area contributed by atoms with Crippen LogP contribution in [0.15, 0.2) is 53.4 Å². The number of aromatic nitrogens is 2. The molecule has 11 heteroatoms. The Bertz CT molecular complexity index is 1500. The number of carbonyl (C=O) groups excluding carboxylic acids is 2. The van der Waals surface area contributed by atoms with Crippen LogP contribution in [0.5, 0.6) is 0 Å². The van der Waals surface area contributed by atoms with E-state index in [1.165, 1.54) is 0 Å². The number of hydrogen-bond donors (Lipinski definition) is 1. The first kappa shape index (κ1) is 24.8. The molecule has 0 atom stereocenters. The minimum Gasteiger partial charge on any atom is -0.381 e. The molecule has 0 bridgehead atoms. The minimum atomic E-state index is -3.67. The van der Waals surface area contributed by atoms with Gasteiger partial charge in [-0.2, -0.15) is 5.10 Å². The largest absolute Gasteiger partial charge is 0.381 e. The van der Waals surface area contributed by atoms with Crippen molar-refractivity contribution in [2.75, 3.05) is 39.5 Å². The van der Waals surface area contributed by atoms with Gasteiger partial charge in [0.1, 0.15) is 0 Å². The second-order valence-electron chi connectivity index (χ2n) is 9.66. The fourth-order valence-electron chi connectivity index (χ4n) is 5.23. The van der Waals surface area contributed by atoms with Gasteiger partial charge in [0.25, 0.3) is 11.8 Å². The molecule has 4 heterocycles. The van der Waals surface area contributed by atoms with E-state index in [1.54, 1.807) is 58.1 Å². The van der Waals surface area contributed by atoms with Crippen LogP contribution < -0.4 is 5.32 Å². The Morgan fingerprint density at radius 3 is 2.47 bits per heavy atom. The van der Waals surface area contributed by atoms with Crippen LogP contribution in [0.1, 0.15) is 39.3 Å². The number of morpholine rings is 1. The van der Waals surface area contributed by atoms with Crippen LogP contribution in [-0.2, 0) is 25.1 Å². The molecule has 10 nitrogen and oxygen atoms in total. The van der Waals surface area contributed by atoms with E-state index in [1.807, 2.05) is 0 Å². The number of carbonyl (C=O) groups is 2. The van der Waals surface area contributed by atoms with Gasteiger partial charge in [0, 0.05) is 49.0 Å². The molecule has 6 rings (SSSR count). The van der Waals surface area contributed by atoms with E-state index in [9.17, 15) is 18.0 Å². The maximum atomic E-state index is 13.6. The highest BCUT2D eigenvalue weighted by Gasteiger charge is 2.37. The Morgan fingerprint density at radius 1 is 0.947 bits per heavy atom. The Labute approximate surface area is 220 Å². The van der Waals surface area contributed by atoms with E-state index in [2.05, 4.69) is 10.4 Å². The van der Waals surface area contributed by atoms with Crippen molar-refractivity contribution in [3.05, 3.63) is 65.4 Å². The van der Waals surface area contributed by atoms with Gasteiger partial charge < -0.3 is 19.7 Å². The molecule has 0 unspecified atom stereocenters. The Morgan fingerprint density at radius 2 is 1.68 bits per heavy atom. The number of benzene rings is 2. The average molecular weight is 537 g/mol. The van der Waals surface area contributed by atoms with Crippen LogP contribution in [0.2, 0.25) is 0 Å². The molecule has 3 aliphatic rings. The first-order chi connectivity index (χ1) is 18.4. The predicted octanol–water partition coefficient (Wildman–Crippen LogP) is 2.21. The van der Waals surface area contributed by atoms with E-state index in [4.69, 9.17) is 9.47 Å². The Kier molecular flexibility index (Phi) is 6.50. The fourth-order valence-corrected chi connectivity index (χ4v) is 6.82. The van der Waals surface area contributed by atoms with Crippen LogP contribution in [0, 0.1) is 0 Å². The molecule has 0 aliphatic carbocycles. The summed E-state index contributed by atoms with van der Waals surface area (Å²) in [7, 11) is -3.67. The molecule has 3 aromatic rings. The molecule has 1 N–H and O–H groups in total. The van der Waals surface area contributed by atoms with Crippen LogP contribution >= 0.6 is 0 Å². The van der Waals surface area contributed by atoms with Gasteiger partial charge in [-0.15, -0.1) is 0 Å². The third-order valence-corrected chi connectivity index (χ3v) is 8.90. The number of fused-ring (bicyclic) bond motifs is 3. The zero-order valence-corrected chi connectivity index (χ0v) is 21.6. The van der Waals surface area contributed by atoms with Gasteiger partial charge >= 0.3 is 0 Å². The molecule has 198 valence electrons. The summed E-state index contributed by atoms with van der Waals surface area (Å²) in [6.45, 7) is 2.89. The van der Waals surface area contributed by atoms with E-state index in [0.717, 1.165) is 12.8 Å². The number of sulfone groups is 1. The third-order valence-electron chi connectivity index (χ3n) is 7.21. The molecule has 2 fully saturated rings. The monoisotopic (exact) mass is 536 g/mol. The summed E-state index contributed by atoms with van der Waals surface area (Å²) in [5.74, 6) is -0.854. The number of hydrogen-bond acceptors (Lipinski definition) is 7. The van der Waals surface area contributed by atoms with Gasteiger partial charge in [-0.3, -0.25) is 9.59 Å². The fraction of sp³-hybridized carbons (Fsp3) is 0.370. The van der Waals surface area contributed by atoms with Crippen LogP contribution in [0.3, 0.4) is 0 Å². The van der Waals surface area contributed by atoms with E-state index >= 15 is 0 Å². The zero-order valence-electron chi connectivity index (χ0n) is 20.8. The van der Waals surface area contributed by atoms with Gasteiger partial charge in [0.2, 0.25) is 0 Å². The smallest absolute Gasteiger partial charge is 0.274 e. The number of ether oxygens (including phenoxy) is 2. The lowest BCUT2D eigenvalue weighted by molar-refractivity contribution is 0.0298. The van der Waals surface area contributed by atoms with Crippen LogP contribution in [-0.4, -0.2) is 80.5 Å². The molecular formula is C27H28N4O6S. The van der Waals surface area contributed by atoms with Gasteiger partial charge in [-0.1, -0.05) is 24.3 Å². The summed E-state index contributed by atoms with van der Waals surface area (Å²) in [4.78, 5) is 28.5. The third kappa shape index (κ3) is 4.50. The second-order valence-corrected chi connectivity index (χ2v) is 11.6. The first-order valence-corrected chi connectivity index (χ1v) is 14.4. The van der Waals surface area contributed by atoms with E-state index in [-0.39, 0.29) is 34.2 Å². The van der Waals surface area contributed by atoms with Gasteiger partial charge in [0.15, 0.2) is 15.5 Å². The predicted molar refractivity (Wildman–Crippen MR) is 138 cm³/mol. The van der Waals surface area contributed by atoms with Crippen molar-refractivity contribution in [2.45, 2.75) is 29.5 Å². The SMILES string of the molecule is O=C(NC1CCOCC1)c1cccc(-n2nc(C(=O)N3CCOCC3)c3c2-c2ccccc2S(=O)(=O)C3)c1. The van der Waals surface area contributed by atoms with Crippen molar-refractivity contribution < 1.29 is 27.5 Å². The van der Waals surface area contributed by atoms with Crippen LogP contribution in [0.25, 0.3) is 16.9 Å². The maximum Gasteiger partial charge on any atom is 0.274 e. The van der Waals surface area contributed by atoms with Gasteiger partial charge in [0.05, 0.1) is 35.2 Å². The number of rotatable bonds is 4. The first-order valence-electron chi connectivity index (χ1n) is 12.7.